The zero-order valence-electron chi connectivity index (χ0n) is 17.4. The van der Waals surface area contributed by atoms with Crippen molar-refractivity contribution in [2.24, 2.45) is 0 Å². The highest BCUT2D eigenvalue weighted by Gasteiger charge is 2.17. The number of hydrogen-bond donors (Lipinski definition) is 1. The maximum atomic E-state index is 13.0. The number of carbonyl (C=O) groups excluding carboxylic acids is 1. The first-order valence-electron chi connectivity index (χ1n) is 9.87. The second-order valence-electron chi connectivity index (χ2n) is 7.28. The fraction of sp³-hybridized carbons (Fsp3) is 0.292. The van der Waals surface area contributed by atoms with E-state index in [1.54, 1.807) is 12.0 Å². The van der Waals surface area contributed by atoms with Gasteiger partial charge in [0.05, 0.1) is 13.2 Å². The molecule has 1 N–H and O–H groups in total. The van der Waals surface area contributed by atoms with Crippen LogP contribution >= 0.6 is 0 Å². The van der Waals surface area contributed by atoms with E-state index in [1.807, 2.05) is 50.2 Å². The van der Waals surface area contributed by atoms with Crippen molar-refractivity contribution in [1.82, 2.24) is 9.47 Å². The Balaban J connectivity index is 1.74. The van der Waals surface area contributed by atoms with Crippen molar-refractivity contribution in [3.05, 3.63) is 89.2 Å². The second-order valence-corrected chi connectivity index (χ2v) is 7.28. The summed E-state index contributed by atoms with van der Waals surface area (Å²) in [7, 11) is 1.65. The summed E-state index contributed by atoms with van der Waals surface area (Å²) in [6.45, 7) is 6.35. The summed E-state index contributed by atoms with van der Waals surface area (Å²) in [5.74, 6) is 0. The van der Waals surface area contributed by atoms with Crippen molar-refractivity contribution in [3.8, 4) is 0 Å². The van der Waals surface area contributed by atoms with Gasteiger partial charge in [0.2, 0.25) is 0 Å². The normalized spacial score (nSPS) is 10.7. The van der Waals surface area contributed by atoms with Crippen LogP contribution in [0.1, 0.15) is 22.4 Å². The lowest BCUT2D eigenvalue weighted by Gasteiger charge is -2.24. The average Bonchev–Trinajstić information content (AvgIpc) is 3.14. The Kier molecular flexibility index (Phi) is 7.09. The first kappa shape index (κ1) is 20.7. The first-order chi connectivity index (χ1) is 14.1. The first-order valence-corrected chi connectivity index (χ1v) is 9.87. The summed E-state index contributed by atoms with van der Waals surface area (Å²) in [5.41, 5.74) is 5.38. The molecule has 3 rings (SSSR count). The molecule has 0 aliphatic rings. The van der Waals surface area contributed by atoms with E-state index in [2.05, 4.69) is 40.3 Å². The maximum absolute atomic E-state index is 13.0. The molecule has 152 valence electrons. The molecule has 29 heavy (non-hydrogen) atoms. The lowest BCUT2D eigenvalue weighted by molar-refractivity contribution is 0.152. The summed E-state index contributed by atoms with van der Waals surface area (Å²) in [6, 6.07) is 20.3. The Bertz CT molecular complexity index is 934. The predicted octanol–water partition coefficient (Wildman–Crippen LogP) is 4.83. The van der Waals surface area contributed by atoms with Crippen LogP contribution in [0, 0.1) is 13.8 Å². The Morgan fingerprint density at radius 2 is 1.86 bits per heavy atom. The van der Waals surface area contributed by atoms with Crippen molar-refractivity contribution in [1.29, 1.82) is 0 Å². The highest BCUT2D eigenvalue weighted by molar-refractivity contribution is 5.90. The molecule has 0 fully saturated rings. The summed E-state index contributed by atoms with van der Waals surface area (Å²) < 4.78 is 7.41. The SMILES string of the molecule is COCCN(Cc1cccn1Cc1ccccc1)C(=O)Nc1ccc(C)cc1C. The molecular formula is C24H29N3O2. The van der Waals surface area contributed by atoms with Crippen molar-refractivity contribution in [3.63, 3.8) is 0 Å². The van der Waals surface area contributed by atoms with Crippen LogP contribution in [0.2, 0.25) is 0 Å². The number of urea groups is 1. The van der Waals surface area contributed by atoms with Gasteiger partial charge in [0.25, 0.3) is 0 Å². The third-order valence-corrected chi connectivity index (χ3v) is 4.95. The monoisotopic (exact) mass is 391 g/mol. The van der Waals surface area contributed by atoms with Crippen molar-refractivity contribution >= 4 is 11.7 Å². The van der Waals surface area contributed by atoms with Gasteiger partial charge < -0.3 is 19.5 Å². The van der Waals surface area contributed by atoms with Crippen molar-refractivity contribution < 1.29 is 9.53 Å². The second kappa shape index (κ2) is 9.94. The number of ether oxygens (including phenoxy) is 1. The van der Waals surface area contributed by atoms with Gasteiger partial charge in [0, 0.05) is 37.8 Å². The Labute approximate surface area is 172 Å². The van der Waals surface area contributed by atoms with Crippen LogP contribution in [0.5, 0.6) is 0 Å². The third-order valence-electron chi connectivity index (χ3n) is 4.95. The van der Waals surface area contributed by atoms with Gasteiger partial charge in [-0.1, -0.05) is 48.0 Å². The summed E-state index contributed by atoms with van der Waals surface area (Å²) in [6.07, 6.45) is 2.05. The van der Waals surface area contributed by atoms with Crippen LogP contribution in [0.3, 0.4) is 0 Å². The minimum Gasteiger partial charge on any atom is -0.383 e. The number of hydrogen-bond acceptors (Lipinski definition) is 2. The number of nitrogens with zero attached hydrogens (tertiary/aromatic N) is 2. The van der Waals surface area contributed by atoms with E-state index in [1.165, 1.54) is 11.1 Å². The van der Waals surface area contributed by atoms with Gasteiger partial charge in [-0.05, 0) is 43.2 Å². The number of methoxy groups -OCH3 is 1. The molecule has 0 saturated heterocycles. The molecule has 1 aromatic heterocycles. The number of carbonyl (C=O) groups is 1. The van der Waals surface area contributed by atoms with Gasteiger partial charge in [-0.2, -0.15) is 0 Å². The van der Waals surface area contributed by atoms with Crippen LogP contribution in [0.25, 0.3) is 0 Å². The Morgan fingerprint density at radius 3 is 2.59 bits per heavy atom. The molecule has 2 aromatic carbocycles. The van der Waals surface area contributed by atoms with Gasteiger partial charge >= 0.3 is 6.03 Å². The van der Waals surface area contributed by atoms with Gasteiger partial charge in [-0.25, -0.2) is 4.79 Å². The zero-order chi connectivity index (χ0) is 20.6. The third kappa shape index (κ3) is 5.72. The van der Waals surface area contributed by atoms with Gasteiger partial charge in [-0.3, -0.25) is 0 Å². The molecule has 0 aliphatic carbocycles. The Hall–Kier alpha value is -3.05. The number of amides is 2. The largest absolute Gasteiger partial charge is 0.383 e. The lowest BCUT2D eigenvalue weighted by Crippen LogP contribution is -2.37. The fourth-order valence-electron chi connectivity index (χ4n) is 3.32. The average molecular weight is 392 g/mol. The number of rotatable bonds is 8. The fourth-order valence-corrected chi connectivity index (χ4v) is 3.32. The summed E-state index contributed by atoms with van der Waals surface area (Å²) in [5, 5.41) is 3.05. The highest BCUT2D eigenvalue weighted by atomic mass is 16.5. The van der Waals surface area contributed by atoms with E-state index >= 15 is 0 Å². The lowest BCUT2D eigenvalue weighted by atomic mass is 10.1. The van der Waals surface area contributed by atoms with Crippen molar-refractivity contribution in [2.45, 2.75) is 26.9 Å². The molecule has 5 heteroatoms. The standard InChI is InChI=1S/C24H29N3O2/c1-19-11-12-23(20(2)16-19)25-24(28)27(14-15-29-3)18-22-10-7-13-26(22)17-21-8-5-4-6-9-21/h4-13,16H,14-15,17-18H2,1-3H3,(H,25,28). The molecule has 0 spiro atoms. The number of aromatic nitrogens is 1. The minimum atomic E-state index is -0.124. The number of benzene rings is 2. The zero-order valence-corrected chi connectivity index (χ0v) is 17.4. The molecule has 0 saturated carbocycles. The van der Waals surface area contributed by atoms with E-state index in [0.29, 0.717) is 19.7 Å². The molecule has 3 aromatic rings. The van der Waals surface area contributed by atoms with E-state index in [0.717, 1.165) is 23.5 Å². The highest BCUT2D eigenvalue weighted by Crippen LogP contribution is 2.18. The van der Waals surface area contributed by atoms with Crippen LogP contribution in [0.4, 0.5) is 10.5 Å². The van der Waals surface area contributed by atoms with Crippen LogP contribution < -0.4 is 5.32 Å². The van der Waals surface area contributed by atoms with E-state index in [4.69, 9.17) is 4.74 Å². The smallest absolute Gasteiger partial charge is 0.322 e. The molecular weight excluding hydrogens is 362 g/mol. The van der Waals surface area contributed by atoms with Crippen LogP contribution in [0.15, 0.2) is 66.9 Å². The quantitative estimate of drug-likeness (QED) is 0.598. The molecule has 0 unspecified atom stereocenters. The Morgan fingerprint density at radius 1 is 1.07 bits per heavy atom. The topological polar surface area (TPSA) is 46.5 Å². The minimum absolute atomic E-state index is 0.124. The van der Waals surface area contributed by atoms with E-state index < -0.39 is 0 Å². The number of anilines is 1. The molecule has 0 bridgehead atoms. The van der Waals surface area contributed by atoms with Gasteiger partial charge in [-0.15, -0.1) is 0 Å². The summed E-state index contributed by atoms with van der Waals surface area (Å²) >= 11 is 0. The van der Waals surface area contributed by atoms with Crippen molar-refractivity contribution in [2.75, 3.05) is 25.6 Å². The molecule has 1 heterocycles. The van der Waals surface area contributed by atoms with Gasteiger partial charge in [0.15, 0.2) is 0 Å². The van der Waals surface area contributed by atoms with Crippen LogP contribution in [-0.4, -0.2) is 35.8 Å². The van der Waals surface area contributed by atoms with E-state index in [9.17, 15) is 4.79 Å². The maximum Gasteiger partial charge on any atom is 0.322 e. The summed E-state index contributed by atoms with van der Waals surface area (Å²) in [4.78, 5) is 14.8. The van der Waals surface area contributed by atoms with Gasteiger partial charge in [0.1, 0.15) is 0 Å². The number of aryl methyl sites for hydroxylation is 2. The molecule has 2 amide bonds. The predicted molar refractivity (Wildman–Crippen MR) is 117 cm³/mol. The molecule has 0 aliphatic heterocycles. The van der Waals surface area contributed by atoms with E-state index in [-0.39, 0.29) is 6.03 Å². The molecule has 0 atom stereocenters. The molecule has 0 radical (unpaired) electrons. The molecule has 5 nitrogen and oxygen atoms in total. The van der Waals surface area contributed by atoms with Crippen LogP contribution in [-0.2, 0) is 17.8 Å². The number of nitrogens with one attached hydrogen (secondary N) is 1.